The molecule has 1 amide bonds. The fourth-order valence-electron chi connectivity index (χ4n) is 7.74. The number of hydrogen-bond acceptors (Lipinski definition) is 9. The summed E-state index contributed by atoms with van der Waals surface area (Å²) in [6.45, 7) is 3.67. The Kier molecular flexibility index (Phi) is 7.59. The zero-order valence-electron chi connectivity index (χ0n) is 24.3. The molecule has 0 bridgehead atoms. The molecule has 7 N–H and O–H groups in total. The molecule has 232 valence electrons. The third-order valence-corrected chi connectivity index (χ3v) is 9.88. The number of nitrogens with zero attached hydrogens (tertiary/aromatic N) is 1. The summed E-state index contributed by atoms with van der Waals surface area (Å²) in [7, 11) is 0. The average Bonchev–Trinajstić information content (AvgIpc) is 3.00. The summed E-state index contributed by atoms with van der Waals surface area (Å²) >= 11 is 0. The number of halogens is 1. The second-order valence-corrected chi connectivity index (χ2v) is 12.3. The van der Waals surface area contributed by atoms with Crippen molar-refractivity contribution in [1.29, 1.82) is 0 Å². The smallest absolute Gasteiger partial charge is 0.255 e. The molecule has 2 fully saturated rings. The third kappa shape index (κ3) is 4.53. The summed E-state index contributed by atoms with van der Waals surface area (Å²) < 4.78 is 16.2. The van der Waals surface area contributed by atoms with Crippen molar-refractivity contribution in [1.82, 2.24) is 10.2 Å². The van der Waals surface area contributed by atoms with E-state index in [0.29, 0.717) is 5.92 Å². The van der Waals surface area contributed by atoms with E-state index in [4.69, 9.17) is 5.73 Å². The summed E-state index contributed by atoms with van der Waals surface area (Å²) in [5, 5.41) is 47.8. The van der Waals surface area contributed by atoms with Gasteiger partial charge in [-0.15, -0.1) is 0 Å². The minimum atomic E-state index is -2.73. The number of benzene rings is 2. The number of carbonyl (C=O) groups is 3. The standard InChI is InChI=1S/C33H36FN3O7/c1-2-36-27-21-13-18-12-20-24(28(39)23(18)30(41)33(21,44)31(42)25(29(27)40)32(35)43)22(38)14-19(26(20)34)15-37-10-8-17(9-11-37)16-6-4-3-5-7-16/h3-7,14,17-18,21,27,36,38-39,42,44H,2,8-13,15H2,1H3,(H2,35,43)/t18-,21-,27-,33-/m0/s1. The number of carbonyl (C=O) groups excluding carboxylic acids is 3. The third-order valence-electron chi connectivity index (χ3n) is 9.88. The van der Waals surface area contributed by atoms with Crippen molar-refractivity contribution in [3.8, 4) is 5.75 Å². The van der Waals surface area contributed by atoms with Crippen molar-refractivity contribution in [2.24, 2.45) is 17.6 Å². The number of amides is 1. The summed E-state index contributed by atoms with van der Waals surface area (Å²) in [5.41, 5.74) is 2.76. The highest BCUT2D eigenvalue weighted by atomic mass is 19.1. The summed E-state index contributed by atoms with van der Waals surface area (Å²) in [6.07, 6.45) is 1.64. The lowest BCUT2D eigenvalue weighted by molar-refractivity contribution is -0.150. The van der Waals surface area contributed by atoms with Crippen LogP contribution in [-0.2, 0) is 27.3 Å². The van der Waals surface area contributed by atoms with Gasteiger partial charge in [0.1, 0.15) is 28.7 Å². The van der Waals surface area contributed by atoms with Gasteiger partial charge in [-0.3, -0.25) is 19.3 Å². The second kappa shape index (κ2) is 11.1. The predicted octanol–water partition coefficient (Wildman–Crippen LogP) is 2.53. The lowest BCUT2D eigenvalue weighted by atomic mass is 9.57. The minimum Gasteiger partial charge on any atom is -0.508 e. The summed E-state index contributed by atoms with van der Waals surface area (Å²) in [6, 6.07) is 10.3. The number of piperidine rings is 1. The van der Waals surface area contributed by atoms with Gasteiger partial charge in [-0.2, -0.15) is 0 Å². The molecule has 2 aromatic carbocycles. The van der Waals surface area contributed by atoms with Crippen molar-refractivity contribution >= 4 is 23.2 Å². The highest BCUT2D eigenvalue weighted by Gasteiger charge is 2.63. The first kappa shape index (κ1) is 30.0. The van der Waals surface area contributed by atoms with E-state index < -0.39 is 69.6 Å². The van der Waals surface area contributed by atoms with Crippen LogP contribution in [0.15, 0.2) is 53.3 Å². The van der Waals surface area contributed by atoms with Gasteiger partial charge in [-0.25, -0.2) is 4.39 Å². The van der Waals surface area contributed by atoms with E-state index in [1.807, 2.05) is 18.2 Å². The first-order valence-corrected chi connectivity index (χ1v) is 15.0. The number of likely N-dealkylation sites (tertiary alicyclic amines) is 1. The quantitative estimate of drug-likeness (QED) is 0.271. The Balaban J connectivity index is 1.33. The Hall–Kier alpha value is -4.06. The molecular weight excluding hydrogens is 569 g/mol. The van der Waals surface area contributed by atoms with E-state index in [0.717, 1.165) is 25.9 Å². The van der Waals surface area contributed by atoms with Crippen LogP contribution in [-0.4, -0.2) is 74.1 Å². The molecule has 44 heavy (non-hydrogen) atoms. The Bertz CT molecular complexity index is 1610. The number of aliphatic hydroxyl groups excluding tert-OH is 2. The lowest BCUT2D eigenvalue weighted by Gasteiger charge is -2.49. The maximum absolute atomic E-state index is 16.2. The number of nitrogens with one attached hydrogen (secondary N) is 1. The maximum atomic E-state index is 16.2. The number of likely N-dealkylation sites (N-methyl/N-ethyl adjacent to an activating group) is 1. The van der Waals surface area contributed by atoms with Crippen LogP contribution < -0.4 is 11.1 Å². The molecule has 4 aliphatic rings. The molecule has 1 heterocycles. The molecule has 6 rings (SSSR count). The van der Waals surface area contributed by atoms with Crippen LogP contribution in [0.2, 0.25) is 0 Å². The van der Waals surface area contributed by atoms with Gasteiger partial charge >= 0.3 is 0 Å². The number of rotatable bonds is 6. The summed E-state index contributed by atoms with van der Waals surface area (Å²) in [4.78, 5) is 41.3. The highest BCUT2D eigenvalue weighted by Crippen LogP contribution is 2.52. The van der Waals surface area contributed by atoms with E-state index in [1.54, 1.807) is 6.92 Å². The first-order valence-electron chi connectivity index (χ1n) is 15.0. The van der Waals surface area contributed by atoms with E-state index >= 15 is 4.39 Å². The van der Waals surface area contributed by atoms with Crippen LogP contribution >= 0.6 is 0 Å². The molecule has 10 nitrogen and oxygen atoms in total. The van der Waals surface area contributed by atoms with Crippen molar-refractivity contribution in [3.05, 3.63) is 81.4 Å². The summed E-state index contributed by atoms with van der Waals surface area (Å²) in [5.74, 6) is -7.79. The Labute approximate surface area is 253 Å². The van der Waals surface area contributed by atoms with Crippen molar-refractivity contribution in [2.75, 3.05) is 19.6 Å². The topological polar surface area (TPSA) is 173 Å². The molecule has 0 spiro atoms. The van der Waals surface area contributed by atoms with Gasteiger partial charge in [0, 0.05) is 29.2 Å². The van der Waals surface area contributed by atoms with E-state index in [2.05, 4.69) is 22.3 Å². The Morgan fingerprint density at radius 3 is 2.43 bits per heavy atom. The van der Waals surface area contributed by atoms with Crippen molar-refractivity contribution < 1.29 is 39.2 Å². The number of Topliss-reactive ketones (excluding diaryl/α,β-unsaturated/α-hetero) is 2. The predicted molar refractivity (Wildman–Crippen MR) is 158 cm³/mol. The number of primary amides is 1. The molecule has 1 saturated carbocycles. The van der Waals surface area contributed by atoms with E-state index in [9.17, 15) is 34.8 Å². The molecule has 0 aromatic heterocycles. The number of aliphatic hydroxyl groups is 3. The number of fused-ring (bicyclic) bond motifs is 3. The van der Waals surface area contributed by atoms with E-state index in [-0.39, 0.29) is 48.2 Å². The fourth-order valence-corrected chi connectivity index (χ4v) is 7.74. The Morgan fingerprint density at radius 1 is 1.11 bits per heavy atom. The fraction of sp³-hybridized carbons (Fsp3) is 0.424. The van der Waals surface area contributed by atoms with Gasteiger partial charge in [-0.05, 0) is 68.8 Å². The number of phenolic OH excluding ortho intramolecular Hbond substituents is 1. The molecule has 0 radical (unpaired) electrons. The zero-order chi connectivity index (χ0) is 31.5. The molecule has 4 atom stereocenters. The number of nitrogens with two attached hydrogens (primary N) is 1. The van der Waals surface area contributed by atoms with Gasteiger partial charge in [-0.1, -0.05) is 37.3 Å². The normalized spacial score (nSPS) is 27.7. The van der Waals surface area contributed by atoms with Crippen molar-refractivity contribution in [3.63, 3.8) is 0 Å². The number of aromatic hydroxyl groups is 1. The largest absolute Gasteiger partial charge is 0.508 e. The highest BCUT2D eigenvalue weighted by molar-refractivity contribution is 6.24. The number of phenols is 1. The molecule has 1 saturated heterocycles. The van der Waals surface area contributed by atoms with Crippen molar-refractivity contribution in [2.45, 2.75) is 56.7 Å². The van der Waals surface area contributed by atoms with Crippen LogP contribution in [0.1, 0.15) is 54.4 Å². The van der Waals surface area contributed by atoms with Gasteiger partial charge in [0.05, 0.1) is 11.6 Å². The molecular formula is C33H36FN3O7. The van der Waals surface area contributed by atoms with Crippen LogP contribution in [0.5, 0.6) is 5.75 Å². The van der Waals surface area contributed by atoms with Crippen LogP contribution in [0.4, 0.5) is 4.39 Å². The van der Waals surface area contributed by atoms with Gasteiger partial charge in [0.25, 0.3) is 5.91 Å². The maximum Gasteiger partial charge on any atom is 0.255 e. The molecule has 2 aromatic rings. The lowest BCUT2D eigenvalue weighted by Crippen LogP contribution is -2.66. The monoisotopic (exact) mass is 605 g/mol. The minimum absolute atomic E-state index is 0.0448. The molecule has 1 aliphatic heterocycles. The SMILES string of the molecule is CCN[C@@H]1C(=O)C(C(N)=O)=C(O)[C@@]2(O)C(=O)C3=C(O)c4c(O)cc(CN5CCC(c6ccccc6)CC5)c(F)c4C[C@H]3C[C@@H]12. The van der Waals surface area contributed by atoms with Crippen LogP contribution in [0, 0.1) is 17.7 Å². The number of ketones is 2. The molecule has 3 aliphatic carbocycles. The van der Waals surface area contributed by atoms with Gasteiger partial charge < -0.3 is 31.5 Å². The van der Waals surface area contributed by atoms with E-state index in [1.165, 1.54) is 11.6 Å². The van der Waals surface area contributed by atoms with Crippen LogP contribution in [0.3, 0.4) is 0 Å². The first-order chi connectivity index (χ1) is 21.0. The zero-order valence-corrected chi connectivity index (χ0v) is 24.3. The van der Waals surface area contributed by atoms with Crippen LogP contribution in [0.25, 0.3) is 5.76 Å². The van der Waals surface area contributed by atoms with Gasteiger partial charge in [0.2, 0.25) is 5.78 Å². The average molecular weight is 606 g/mol. The molecule has 11 heteroatoms. The molecule has 0 unspecified atom stereocenters. The number of hydrogen-bond donors (Lipinski definition) is 6. The Morgan fingerprint density at radius 2 is 1.80 bits per heavy atom. The second-order valence-electron chi connectivity index (χ2n) is 12.3. The van der Waals surface area contributed by atoms with Gasteiger partial charge in [0.15, 0.2) is 11.4 Å².